The molecule has 0 radical (unpaired) electrons. The molecule has 2 fully saturated rings. The fourth-order valence-electron chi connectivity index (χ4n) is 3.17. The largest absolute Gasteiger partial charge is 0.315 e. The van der Waals surface area contributed by atoms with Gasteiger partial charge in [0.05, 0.1) is 16.8 Å². The van der Waals surface area contributed by atoms with Crippen LogP contribution in [0, 0.1) is 0 Å². The average molecular weight is 338 g/mol. The third kappa shape index (κ3) is 4.18. The summed E-state index contributed by atoms with van der Waals surface area (Å²) in [6.45, 7) is 4.14. The monoisotopic (exact) mass is 338 g/mol. The molecule has 21 heavy (non-hydrogen) atoms. The summed E-state index contributed by atoms with van der Waals surface area (Å²) in [5.74, 6) is -0.000440. The average Bonchev–Trinajstić information content (AvgIpc) is 2.45. The van der Waals surface area contributed by atoms with Crippen LogP contribution in [0.3, 0.4) is 0 Å². The van der Waals surface area contributed by atoms with Crippen molar-refractivity contribution in [3.05, 3.63) is 0 Å². The van der Waals surface area contributed by atoms with Gasteiger partial charge < -0.3 is 5.32 Å². The number of hydrogen-bond acceptors (Lipinski definition) is 5. The van der Waals surface area contributed by atoms with Gasteiger partial charge in [0, 0.05) is 19.1 Å². The molecule has 2 rings (SSSR count). The first-order valence-electron chi connectivity index (χ1n) is 7.78. The molecule has 0 spiro atoms. The van der Waals surface area contributed by atoms with Gasteiger partial charge in [0.1, 0.15) is 9.84 Å². The van der Waals surface area contributed by atoms with Crippen molar-refractivity contribution in [1.29, 1.82) is 0 Å². The summed E-state index contributed by atoms with van der Waals surface area (Å²) in [5, 5.41) is 2.73. The molecule has 0 amide bonds. The maximum absolute atomic E-state index is 12.9. The van der Waals surface area contributed by atoms with E-state index in [1.54, 1.807) is 4.31 Å². The van der Waals surface area contributed by atoms with Crippen LogP contribution in [0.25, 0.3) is 0 Å². The van der Waals surface area contributed by atoms with Crippen molar-refractivity contribution < 1.29 is 16.8 Å². The SMILES string of the molecule is CCCN(C1CCCNC1)S(=O)(=O)C1CCS(=O)(=O)CC1. The van der Waals surface area contributed by atoms with E-state index in [0.717, 1.165) is 25.8 Å². The fraction of sp³-hybridized carbons (Fsp3) is 1.00. The van der Waals surface area contributed by atoms with Gasteiger partial charge >= 0.3 is 0 Å². The number of piperidine rings is 1. The van der Waals surface area contributed by atoms with Crippen molar-refractivity contribution >= 4 is 19.9 Å². The van der Waals surface area contributed by atoms with Gasteiger partial charge in [-0.05, 0) is 38.6 Å². The first kappa shape index (κ1) is 17.2. The van der Waals surface area contributed by atoms with Crippen LogP contribution >= 0.6 is 0 Å². The van der Waals surface area contributed by atoms with E-state index in [1.807, 2.05) is 6.92 Å². The van der Waals surface area contributed by atoms with Crippen LogP contribution in [-0.4, -0.2) is 63.6 Å². The van der Waals surface area contributed by atoms with E-state index in [-0.39, 0.29) is 30.4 Å². The standard InChI is InChI=1S/C13H26N2O4S2/c1-2-8-15(12-4-3-7-14-11-12)21(18,19)13-5-9-20(16,17)10-6-13/h12-14H,2-11H2,1H3. The lowest BCUT2D eigenvalue weighted by molar-refractivity contribution is 0.262. The lowest BCUT2D eigenvalue weighted by Gasteiger charge is -2.36. The highest BCUT2D eigenvalue weighted by atomic mass is 32.2. The zero-order valence-corrected chi connectivity index (χ0v) is 14.3. The van der Waals surface area contributed by atoms with Crippen LogP contribution in [0.1, 0.15) is 39.0 Å². The Morgan fingerprint density at radius 2 is 1.86 bits per heavy atom. The van der Waals surface area contributed by atoms with Crippen LogP contribution in [0.4, 0.5) is 0 Å². The first-order valence-corrected chi connectivity index (χ1v) is 11.1. The van der Waals surface area contributed by atoms with E-state index in [0.29, 0.717) is 13.1 Å². The maximum Gasteiger partial charge on any atom is 0.217 e. The summed E-state index contributed by atoms with van der Waals surface area (Å²) < 4.78 is 50.4. The summed E-state index contributed by atoms with van der Waals surface area (Å²) in [5.41, 5.74) is 0. The second-order valence-corrected chi connectivity index (χ2v) is 10.5. The molecule has 6 nitrogen and oxygen atoms in total. The maximum atomic E-state index is 12.9. The molecular formula is C13H26N2O4S2. The van der Waals surface area contributed by atoms with Gasteiger partial charge in [0.2, 0.25) is 10.0 Å². The summed E-state index contributed by atoms with van der Waals surface area (Å²) in [6, 6.07) is 0.0160. The Bertz CT molecular complexity index is 525. The van der Waals surface area contributed by atoms with Crippen LogP contribution in [0.5, 0.6) is 0 Å². The lowest BCUT2D eigenvalue weighted by Crippen LogP contribution is -2.52. The molecule has 2 saturated heterocycles. The smallest absolute Gasteiger partial charge is 0.217 e. The molecule has 1 atom stereocenters. The van der Waals surface area contributed by atoms with E-state index in [4.69, 9.17) is 0 Å². The molecule has 2 aliphatic heterocycles. The Morgan fingerprint density at radius 1 is 1.19 bits per heavy atom. The number of sulfonamides is 1. The van der Waals surface area contributed by atoms with E-state index in [9.17, 15) is 16.8 Å². The molecule has 0 aromatic rings. The van der Waals surface area contributed by atoms with Crippen LogP contribution < -0.4 is 5.32 Å². The number of rotatable bonds is 5. The summed E-state index contributed by atoms with van der Waals surface area (Å²) in [4.78, 5) is 0. The van der Waals surface area contributed by atoms with E-state index >= 15 is 0 Å². The van der Waals surface area contributed by atoms with Crippen LogP contribution in [-0.2, 0) is 19.9 Å². The van der Waals surface area contributed by atoms with Gasteiger partial charge in [-0.2, -0.15) is 4.31 Å². The Hall–Kier alpha value is -0.180. The van der Waals surface area contributed by atoms with E-state index < -0.39 is 25.1 Å². The molecule has 2 aliphatic rings. The Kier molecular flexibility index (Phi) is 5.67. The van der Waals surface area contributed by atoms with Crippen molar-refractivity contribution in [1.82, 2.24) is 9.62 Å². The highest BCUT2D eigenvalue weighted by molar-refractivity contribution is 7.92. The molecule has 0 aromatic carbocycles. The molecule has 0 aliphatic carbocycles. The Labute approximate surface area is 128 Å². The van der Waals surface area contributed by atoms with Gasteiger partial charge in [0.25, 0.3) is 0 Å². The molecule has 124 valence electrons. The third-order valence-electron chi connectivity index (χ3n) is 4.37. The summed E-state index contributed by atoms with van der Waals surface area (Å²) in [6.07, 6.45) is 3.13. The normalized spacial score (nSPS) is 27.8. The fourth-order valence-corrected chi connectivity index (χ4v) is 7.21. The van der Waals surface area contributed by atoms with Gasteiger partial charge in [-0.3, -0.25) is 0 Å². The van der Waals surface area contributed by atoms with Crippen LogP contribution in [0.15, 0.2) is 0 Å². The summed E-state index contributed by atoms with van der Waals surface area (Å²) >= 11 is 0. The number of sulfone groups is 1. The van der Waals surface area contributed by atoms with Gasteiger partial charge in [-0.25, -0.2) is 16.8 Å². The minimum atomic E-state index is -3.41. The quantitative estimate of drug-likeness (QED) is 0.782. The molecule has 2 heterocycles. The molecule has 1 unspecified atom stereocenters. The van der Waals surface area contributed by atoms with Crippen molar-refractivity contribution in [2.24, 2.45) is 0 Å². The molecule has 1 N–H and O–H groups in total. The van der Waals surface area contributed by atoms with Gasteiger partial charge in [-0.15, -0.1) is 0 Å². The topological polar surface area (TPSA) is 83.6 Å². The molecule has 0 saturated carbocycles. The zero-order valence-electron chi connectivity index (χ0n) is 12.6. The first-order chi connectivity index (χ1) is 9.87. The predicted molar refractivity (Wildman–Crippen MR) is 83.5 cm³/mol. The lowest BCUT2D eigenvalue weighted by atomic mass is 10.1. The van der Waals surface area contributed by atoms with Gasteiger partial charge in [-0.1, -0.05) is 6.92 Å². The highest BCUT2D eigenvalue weighted by Crippen LogP contribution is 2.25. The van der Waals surface area contributed by atoms with Crippen LogP contribution in [0.2, 0.25) is 0 Å². The van der Waals surface area contributed by atoms with Crippen molar-refractivity contribution in [3.8, 4) is 0 Å². The van der Waals surface area contributed by atoms with Crippen molar-refractivity contribution in [2.45, 2.75) is 50.3 Å². The third-order valence-corrected chi connectivity index (χ3v) is 8.54. The minimum absolute atomic E-state index is 0.000220. The number of nitrogens with zero attached hydrogens (tertiary/aromatic N) is 1. The second kappa shape index (κ2) is 6.93. The van der Waals surface area contributed by atoms with E-state index in [1.165, 1.54) is 0 Å². The predicted octanol–water partition coefficient (Wildman–Crippen LogP) is 0.357. The van der Waals surface area contributed by atoms with Crippen molar-refractivity contribution in [2.75, 3.05) is 31.1 Å². The number of hydrogen-bond donors (Lipinski definition) is 1. The Balaban J connectivity index is 2.13. The minimum Gasteiger partial charge on any atom is -0.315 e. The number of nitrogens with one attached hydrogen (secondary N) is 1. The second-order valence-electron chi connectivity index (χ2n) is 6.01. The highest BCUT2D eigenvalue weighted by Gasteiger charge is 2.39. The molecule has 0 aromatic heterocycles. The van der Waals surface area contributed by atoms with Gasteiger partial charge in [0.15, 0.2) is 0 Å². The van der Waals surface area contributed by atoms with E-state index in [2.05, 4.69) is 5.32 Å². The van der Waals surface area contributed by atoms with Crippen molar-refractivity contribution in [3.63, 3.8) is 0 Å². The Morgan fingerprint density at radius 3 is 2.38 bits per heavy atom. The molecule has 0 bridgehead atoms. The molecule has 8 heteroatoms. The zero-order chi connectivity index (χ0) is 15.5. The summed E-state index contributed by atoms with van der Waals surface area (Å²) in [7, 11) is -6.44. The molecular weight excluding hydrogens is 312 g/mol.